The first-order chi connectivity index (χ1) is 10.1. The first kappa shape index (κ1) is 13.3. The molecule has 0 radical (unpaired) electrons. The molecule has 1 saturated carbocycles. The van der Waals surface area contributed by atoms with Gasteiger partial charge in [-0.2, -0.15) is 5.10 Å². The molecule has 3 aliphatic rings. The highest BCUT2D eigenvalue weighted by molar-refractivity contribution is 5.81. The largest absolute Gasteiger partial charge is 0.350 e. The molecule has 2 aliphatic heterocycles. The maximum atomic E-state index is 12.0. The predicted octanol–water partition coefficient (Wildman–Crippen LogP) is 1.27. The molecule has 1 amide bonds. The summed E-state index contributed by atoms with van der Waals surface area (Å²) in [5.74, 6) is 1.45. The van der Waals surface area contributed by atoms with Crippen LogP contribution in [0.2, 0.25) is 0 Å². The second-order valence-electron chi connectivity index (χ2n) is 7.15. The summed E-state index contributed by atoms with van der Waals surface area (Å²) in [6, 6.07) is 0. The van der Waals surface area contributed by atoms with Crippen LogP contribution in [-0.4, -0.2) is 45.8 Å². The Kier molecular flexibility index (Phi) is 3.06. The van der Waals surface area contributed by atoms with E-state index in [1.165, 1.54) is 24.9 Å². The second-order valence-corrected chi connectivity index (χ2v) is 7.15. The minimum Gasteiger partial charge on any atom is -0.350 e. The van der Waals surface area contributed by atoms with Crippen molar-refractivity contribution in [2.24, 2.45) is 13.0 Å². The molecule has 2 saturated heterocycles. The van der Waals surface area contributed by atoms with Gasteiger partial charge in [0.1, 0.15) is 0 Å². The van der Waals surface area contributed by atoms with Crippen LogP contribution in [0.5, 0.6) is 0 Å². The third-order valence-corrected chi connectivity index (χ3v) is 5.53. The van der Waals surface area contributed by atoms with Gasteiger partial charge in [-0.15, -0.1) is 0 Å². The Morgan fingerprint density at radius 1 is 1.38 bits per heavy atom. The third-order valence-electron chi connectivity index (χ3n) is 5.53. The molecule has 1 aromatic heterocycles. The zero-order valence-corrected chi connectivity index (χ0v) is 12.7. The summed E-state index contributed by atoms with van der Waals surface area (Å²) in [5.41, 5.74) is 1.19. The van der Waals surface area contributed by atoms with E-state index in [9.17, 15) is 4.79 Å². The van der Waals surface area contributed by atoms with Crippen molar-refractivity contribution >= 4 is 5.91 Å². The van der Waals surface area contributed by atoms with Crippen LogP contribution in [0.4, 0.5) is 0 Å². The van der Waals surface area contributed by atoms with Crippen LogP contribution in [0.1, 0.15) is 43.6 Å². The summed E-state index contributed by atoms with van der Waals surface area (Å²) < 4.78 is 1.84. The normalized spacial score (nSPS) is 29.0. The molecule has 21 heavy (non-hydrogen) atoms. The van der Waals surface area contributed by atoms with Crippen molar-refractivity contribution in [2.75, 3.05) is 19.6 Å². The van der Waals surface area contributed by atoms with Crippen LogP contribution in [0.25, 0.3) is 0 Å². The fourth-order valence-corrected chi connectivity index (χ4v) is 4.13. The van der Waals surface area contributed by atoms with Gasteiger partial charge in [-0.05, 0) is 37.2 Å². The van der Waals surface area contributed by atoms with Gasteiger partial charge in [0.05, 0.1) is 6.20 Å². The minimum absolute atomic E-state index is 0.0276. The number of rotatable bonds is 3. The van der Waals surface area contributed by atoms with Gasteiger partial charge in [-0.3, -0.25) is 9.48 Å². The van der Waals surface area contributed by atoms with Gasteiger partial charge in [0, 0.05) is 50.8 Å². The molecule has 114 valence electrons. The summed E-state index contributed by atoms with van der Waals surface area (Å²) in [7, 11) is 1.94. The number of hydrogen-bond acceptors (Lipinski definition) is 3. The highest BCUT2D eigenvalue weighted by Gasteiger charge is 2.49. The van der Waals surface area contributed by atoms with Crippen molar-refractivity contribution in [3.8, 4) is 0 Å². The van der Waals surface area contributed by atoms with Crippen molar-refractivity contribution in [1.29, 1.82) is 0 Å². The SMILES string of the molecule is Cn1cc(C2CC(=O)NC23CCN(CC2CC2)CC3)cn1. The van der Waals surface area contributed by atoms with Crippen molar-refractivity contribution in [3.05, 3.63) is 18.0 Å². The Morgan fingerprint density at radius 3 is 2.76 bits per heavy atom. The average molecular weight is 288 g/mol. The first-order valence-corrected chi connectivity index (χ1v) is 8.16. The van der Waals surface area contributed by atoms with Crippen LogP contribution in [0.3, 0.4) is 0 Å². The lowest BCUT2D eigenvalue weighted by Crippen LogP contribution is -2.53. The molecule has 1 unspecified atom stereocenters. The quantitative estimate of drug-likeness (QED) is 0.911. The number of nitrogens with zero attached hydrogens (tertiary/aromatic N) is 3. The lowest BCUT2D eigenvalue weighted by molar-refractivity contribution is -0.120. The molecule has 0 aromatic carbocycles. The molecule has 5 heteroatoms. The van der Waals surface area contributed by atoms with Crippen LogP contribution < -0.4 is 5.32 Å². The van der Waals surface area contributed by atoms with Gasteiger partial charge in [0.2, 0.25) is 5.91 Å². The number of likely N-dealkylation sites (tertiary alicyclic amines) is 1. The number of nitrogens with one attached hydrogen (secondary N) is 1. The van der Waals surface area contributed by atoms with Crippen molar-refractivity contribution < 1.29 is 4.79 Å². The summed E-state index contributed by atoms with van der Waals surface area (Å²) in [5, 5.41) is 7.61. The fourth-order valence-electron chi connectivity index (χ4n) is 4.13. The van der Waals surface area contributed by atoms with Gasteiger partial charge < -0.3 is 10.2 Å². The van der Waals surface area contributed by atoms with E-state index < -0.39 is 0 Å². The van der Waals surface area contributed by atoms with E-state index in [-0.39, 0.29) is 11.4 Å². The van der Waals surface area contributed by atoms with Gasteiger partial charge in [-0.25, -0.2) is 0 Å². The summed E-state index contributed by atoms with van der Waals surface area (Å²) >= 11 is 0. The van der Waals surface area contributed by atoms with E-state index in [2.05, 4.69) is 21.5 Å². The summed E-state index contributed by atoms with van der Waals surface area (Å²) in [6.07, 6.45) is 9.60. The monoisotopic (exact) mass is 288 g/mol. The Morgan fingerprint density at radius 2 is 2.14 bits per heavy atom. The number of aryl methyl sites for hydroxylation is 1. The number of carbonyl (C=O) groups is 1. The molecule has 1 spiro atoms. The molecule has 1 atom stereocenters. The van der Waals surface area contributed by atoms with E-state index in [4.69, 9.17) is 0 Å². The zero-order valence-electron chi connectivity index (χ0n) is 12.7. The average Bonchev–Trinajstić information content (AvgIpc) is 3.08. The van der Waals surface area contributed by atoms with Crippen LogP contribution in [0.15, 0.2) is 12.4 Å². The first-order valence-electron chi connectivity index (χ1n) is 8.16. The molecule has 3 fully saturated rings. The molecule has 3 heterocycles. The molecule has 1 aliphatic carbocycles. The molecular formula is C16H24N4O. The molecule has 1 N–H and O–H groups in total. The molecule has 1 aromatic rings. The van der Waals surface area contributed by atoms with Crippen LogP contribution >= 0.6 is 0 Å². The van der Waals surface area contributed by atoms with E-state index in [0.29, 0.717) is 12.3 Å². The topological polar surface area (TPSA) is 50.2 Å². The maximum Gasteiger partial charge on any atom is 0.221 e. The zero-order chi connectivity index (χ0) is 14.4. The van der Waals surface area contributed by atoms with Crippen molar-refractivity contribution in [1.82, 2.24) is 20.0 Å². The molecule has 5 nitrogen and oxygen atoms in total. The number of aromatic nitrogens is 2. The standard InChI is InChI=1S/C16H24N4O/c1-19-11-13(9-17-19)14-8-15(21)18-16(14)4-6-20(7-5-16)10-12-2-3-12/h9,11-12,14H,2-8,10H2,1H3,(H,18,21). The highest BCUT2D eigenvalue weighted by atomic mass is 16.2. The van der Waals surface area contributed by atoms with E-state index in [1.54, 1.807) is 0 Å². The maximum absolute atomic E-state index is 12.0. The lowest BCUT2D eigenvalue weighted by Gasteiger charge is -2.42. The van der Waals surface area contributed by atoms with Gasteiger partial charge >= 0.3 is 0 Å². The van der Waals surface area contributed by atoms with Crippen LogP contribution in [0, 0.1) is 5.92 Å². The predicted molar refractivity (Wildman–Crippen MR) is 79.8 cm³/mol. The summed E-state index contributed by atoms with van der Waals surface area (Å²) in [4.78, 5) is 14.6. The van der Waals surface area contributed by atoms with E-state index >= 15 is 0 Å². The Hall–Kier alpha value is -1.36. The van der Waals surface area contributed by atoms with Gasteiger partial charge in [0.15, 0.2) is 0 Å². The highest BCUT2D eigenvalue weighted by Crippen LogP contribution is 2.43. The van der Waals surface area contributed by atoms with Gasteiger partial charge in [-0.1, -0.05) is 0 Å². The second kappa shape index (κ2) is 4.83. The van der Waals surface area contributed by atoms with Crippen molar-refractivity contribution in [2.45, 2.75) is 43.6 Å². The molecular weight excluding hydrogens is 264 g/mol. The Bertz CT molecular complexity index is 540. The van der Waals surface area contributed by atoms with Gasteiger partial charge in [0.25, 0.3) is 0 Å². The van der Waals surface area contributed by atoms with Crippen LogP contribution in [-0.2, 0) is 11.8 Å². The fraction of sp³-hybridized carbons (Fsp3) is 0.750. The minimum atomic E-state index is -0.0276. The smallest absolute Gasteiger partial charge is 0.221 e. The molecule has 0 bridgehead atoms. The number of hydrogen-bond donors (Lipinski definition) is 1. The van der Waals surface area contributed by atoms with E-state index in [0.717, 1.165) is 31.8 Å². The summed E-state index contributed by atoms with van der Waals surface area (Å²) in [6.45, 7) is 3.50. The number of piperidine rings is 1. The van der Waals surface area contributed by atoms with E-state index in [1.807, 2.05) is 17.9 Å². The third kappa shape index (κ3) is 2.48. The number of amides is 1. The lowest BCUT2D eigenvalue weighted by atomic mass is 9.75. The van der Waals surface area contributed by atoms with Crippen molar-refractivity contribution in [3.63, 3.8) is 0 Å². The molecule has 4 rings (SSSR count). The Balaban J connectivity index is 1.50. The Labute approximate surface area is 125 Å². The number of carbonyl (C=O) groups excluding carboxylic acids is 1.